The van der Waals surface area contributed by atoms with E-state index in [1.807, 2.05) is 6.07 Å². The number of nitriles is 1. The second-order valence-electron chi connectivity index (χ2n) is 3.30. The van der Waals surface area contributed by atoms with Gasteiger partial charge in [-0.2, -0.15) is 5.26 Å². The van der Waals surface area contributed by atoms with Gasteiger partial charge in [0, 0.05) is 18.3 Å². The van der Waals surface area contributed by atoms with Gasteiger partial charge in [0.25, 0.3) is 5.91 Å². The summed E-state index contributed by atoms with van der Waals surface area (Å²) < 4.78 is 0. The molecule has 0 saturated heterocycles. The van der Waals surface area contributed by atoms with Gasteiger partial charge in [-0.3, -0.25) is 10.1 Å². The summed E-state index contributed by atoms with van der Waals surface area (Å²) in [6.07, 6.45) is 5.23. The van der Waals surface area contributed by atoms with Crippen LogP contribution >= 0.6 is 0 Å². The molecule has 4 heteroatoms. The van der Waals surface area contributed by atoms with Crippen LogP contribution in [0.2, 0.25) is 0 Å². The number of amides is 1. The van der Waals surface area contributed by atoms with Crippen molar-refractivity contribution in [1.29, 1.82) is 5.26 Å². The van der Waals surface area contributed by atoms with Crippen LogP contribution in [0.1, 0.15) is 15.9 Å². The van der Waals surface area contributed by atoms with E-state index in [-0.39, 0.29) is 5.91 Å². The van der Waals surface area contributed by atoms with Crippen LogP contribution in [-0.4, -0.2) is 13.0 Å². The zero-order valence-electron chi connectivity index (χ0n) is 9.53. The lowest BCUT2D eigenvalue weighted by atomic mass is 10.1. The molecule has 1 aromatic rings. The molecule has 86 valence electrons. The summed E-state index contributed by atoms with van der Waals surface area (Å²) in [5.74, 6) is -0.130. The van der Waals surface area contributed by atoms with Gasteiger partial charge in [-0.05, 0) is 23.8 Å². The number of hydrogen-bond acceptors (Lipinski definition) is 3. The average Bonchev–Trinajstić information content (AvgIpc) is 2.36. The van der Waals surface area contributed by atoms with Crippen molar-refractivity contribution in [3.05, 3.63) is 53.7 Å². The molecule has 0 bridgehead atoms. The topological polar surface area (TPSA) is 64.9 Å². The smallest absolute Gasteiger partial charge is 0.251 e. The fourth-order valence-corrected chi connectivity index (χ4v) is 1.24. The van der Waals surface area contributed by atoms with Gasteiger partial charge in [0.05, 0.1) is 0 Å². The maximum Gasteiger partial charge on any atom is 0.251 e. The molecule has 17 heavy (non-hydrogen) atoms. The van der Waals surface area contributed by atoms with Gasteiger partial charge >= 0.3 is 0 Å². The van der Waals surface area contributed by atoms with Gasteiger partial charge in [0.1, 0.15) is 0 Å². The summed E-state index contributed by atoms with van der Waals surface area (Å²) in [5, 5.41) is 13.3. The molecule has 0 aromatic heterocycles. The minimum Gasteiger partial charge on any atom is -0.355 e. The third-order valence-corrected chi connectivity index (χ3v) is 2.07. The monoisotopic (exact) mass is 227 g/mol. The lowest BCUT2D eigenvalue weighted by molar-refractivity contribution is 0.0963. The highest BCUT2D eigenvalue weighted by molar-refractivity contribution is 5.94. The zero-order chi connectivity index (χ0) is 12.7. The Kier molecular flexibility index (Phi) is 4.52. The van der Waals surface area contributed by atoms with E-state index < -0.39 is 0 Å². The number of hydrogen-bond donors (Lipinski definition) is 2. The molecular weight excluding hydrogens is 214 g/mol. The molecule has 0 fully saturated rings. The van der Waals surface area contributed by atoms with Crippen molar-refractivity contribution in [3.63, 3.8) is 0 Å². The molecule has 2 N–H and O–H groups in total. The average molecular weight is 227 g/mol. The van der Waals surface area contributed by atoms with Gasteiger partial charge < -0.3 is 5.32 Å². The highest BCUT2D eigenvalue weighted by atomic mass is 16.1. The maximum absolute atomic E-state index is 11.4. The Balaban J connectivity index is 2.83. The van der Waals surface area contributed by atoms with Crippen LogP contribution in [0.4, 0.5) is 0 Å². The summed E-state index contributed by atoms with van der Waals surface area (Å²) in [4.78, 5) is 11.4. The number of carbonyl (C=O) groups excluding carboxylic acids is 1. The lowest BCUT2D eigenvalue weighted by Crippen LogP contribution is -2.17. The fourth-order valence-electron chi connectivity index (χ4n) is 1.24. The molecule has 0 spiro atoms. The molecule has 0 aliphatic rings. The molecule has 4 nitrogen and oxygen atoms in total. The van der Waals surface area contributed by atoms with E-state index >= 15 is 0 Å². The van der Waals surface area contributed by atoms with E-state index in [1.54, 1.807) is 43.6 Å². The van der Waals surface area contributed by atoms with Crippen LogP contribution in [0.3, 0.4) is 0 Å². The molecule has 0 saturated carbocycles. The summed E-state index contributed by atoms with van der Waals surface area (Å²) >= 11 is 0. The summed E-state index contributed by atoms with van der Waals surface area (Å²) in [6, 6.07) is 7.15. The Bertz CT molecular complexity index is 498. The van der Waals surface area contributed by atoms with E-state index in [1.165, 1.54) is 0 Å². The first-order valence-corrected chi connectivity index (χ1v) is 5.01. The van der Waals surface area contributed by atoms with Crippen molar-refractivity contribution in [2.75, 3.05) is 7.05 Å². The molecule has 0 aliphatic carbocycles. The van der Waals surface area contributed by atoms with E-state index in [9.17, 15) is 4.79 Å². The molecule has 0 unspecified atom stereocenters. The largest absolute Gasteiger partial charge is 0.355 e. The first-order valence-electron chi connectivity index (χ1n) is 5.01. The van der Waals surface area contributed by atoms with E-state index in [0.29, 0.717) is 11.3 Å². The van der Waals surface area contributed by atoms with Crippen molar-refractivity contribution in [2.24, 2.45) is 0 Å². The SMILES string of the molecule is C=C(/C=C/c1cccc(C(=O)NC)c1)NC#N. The first-order chi connectivity index (χ1) is 8.17. The predicted molar refractivity (Wildman–Crippen MR) is 66.8 cm³/mol. The van der Waals surface area contributed by atoms with Crippen molar-refractivity contribution < 1.29 is 4.79 Å². The highest BCUT2D eigenvalue weighted by Gasteiger charge is 2.01. The third-order valence-electron chi connectivity index (χ3n) is 2.07. The van der Waals surface area contributed by atoms with E-state index in [4.69, 9.17) is 5.26 Å². The molecule has 1 rings (SSSR count). The second-order valence-corrected chi connectivity index (χ2v) is 3.30. The molecule has 1 amide bonds. The number of allylic oxidation sites excluding steroid dienone is 1. The number of nitrogens with zero attached hydrogens (tertiary/aromatic N) is 1. The van der Waals surface area contributed by atoms with Crippen LogP contribution in [-0.2, 0) is 0 Å². The van der Waals surface area contributed by atoms with E-state index in [0.717, 1.165) is 5.56 Å². The van der Waals surface area contributed by atoms with Gasteiger partial charge in [-0.25, -0.2) is 0 Å². The lowest BCUT2D eigenvalue weighted by Gasteiger charge is -2.01. The maximum atomic E-state index is 11.4. The Hall–Kier alpha value is -2.54. The summed E-state index contributed by atoms with van der Waals surface area (Å²) in [6.45, 7) is 3.63. The number of nitrogens with one attached hydrogen (secondary N) is 2. The zero-order valence-corrected chi connectivity index (χ0v) is 9.53. The molecule has 1 aromatic carbocycles. The fraction of sp³-hybridized carbons (Fsp3) is 0.0769. The van der Waals surface area contributed by atoms with Crippen LogP contribution in [0.25, 0.3) is 6.08 Å². The molecular formula is C13H13N3O. The molecule has 0 radical (unpaired) electrons. The van der Waals surface area contributed by atoms with Crippen molar-refractivity contribution in [1.82, 2.24) is 10.6 Å². The van der Waals surface area contributed by atoms with Crippen LogP contribution in [0, 0.1) is 11.5 Å². The predicted octanol–water partition coefficient (Wildman–Crippen LogP) is 1.64. The minimum absolute atomic E-state index is 0.130. The van der Waals surface area contributed by atoms with Gasteiger partial charge in [0.2, 0.25) is 0 Å². The number of rotatable bonds is 4. The first kappa shape index (κ1) is 12.5. The number of benzene rings is 1. The minimum atomic E-state index is -0.130. The Morgan fingerprint density at radius 1 is 1.53 bits per heavy atom. The van der Waals surface area contributed by atoms with E-state index in [2.05, 4.69) is 17.2 Å². The molecule has 0 atom stereocenters. The second kappa shape index (κ2) is 6.13. The van der Waals surface area contributed by atoms with Crippen LogP contribution in [0.15, 0.2) is 42.6 Å². The summed E-state index contributed by atoms with van der Waals surface area (Å²) in [5.41, 5.74) is 1.96. The normalized spacial score (nSPS) is 9.65. The van der Waals surface area contributed by atoms with Gasteiger partial charge in [-0.1, -0.05) is 24.8 Å². The van der Waals surface area contributed by atoms with Gasteiger partial charge in [-0.15, -0.1) is 0 Å². The Morgan fingerprint density at radius 3 is 2.94 bits per heavy atom. The van der Waals surface area contributed by atoms with Crippen LogP contribution in [0.5, 0.6) is 0 Å². The van der Waals surface area contributed by atoms with Crippen molar-refractivity contribution >= 4 is 12.0 Å². The van der Waals surface area contributed by atoms with Crippen LogP contribution < -0.4 is 10.6 Å². The highest BCUT2D eigenvalue weighted by Crippen LogP contribution is 2.07. The third kappa shape index (κ3) is 3.84. The Labute approximate surface area is 100 Å². The van der Waals surface area contributed by atoms with Gasteiger partial charge in [0.15, 0.2) is 6.19 Å². The quantitative estimate of drug-likeness (QED) is 0.467. The van der Waals surface area contributed by atoms with Crippen molar-refractivity contribution in [2.45, 2.75) is 0 Å². The number of carbonyl (C=O) groups is 1. The Morgan fingerprint density at radius 2 is 2.29 bits per heavy atom. The summed E-state index contributed by atoms with van der Waals surface area (Å²) in [7, 11) is 1.59. The standard InChI is InChI=1S/C13H13N3O/c1-10(16-9-14)6-7-11-4-3-5-12(8-11)13(17)15-2/h3-8,16H,1H2,2H3,(H,15,17)/b7-6+. The van der Waals surface area contributed by atoms with Crippen molar-refractivity contribution in [3.8, 4) is 6.19 Å². The molecule has 0 heterocycles. The molecule has 0 aliphatic heterocycles.